The first-order valence-corrected chi connectivity index (χ1v) is 13.1. The zero-order valence-electron chi connectivity index (χ0n) is 22.2. The molecule has 5 N–H and O–H groups in total. The number of amides is 2. The molecule has 2 unspecified atom stereocenters. The van der Waals surface area contributed by atoms with E-state index >= 15 is 0 Å². The minimum Gasteiger partial charge on any atom is -0.465 e. The topological polar surface area (TPSA) is 149 Å². The van der Waals surface area contributed by atoms with E-state index in [9.17, 15) is 14.4 Å². The maximum absolute atomic E-state index is 12.9. The Morgan fingerprint density at radius 2 is 1.82 bits per heavy atom. The van der Waals surface area contributed by atoms with E-state index in [2.05, 4.69) is 10.6 Å². The van der Waals surface area contributed by atoms with Crippen LogP contribution in [0.2, 0.25) is 0 Å². The number of aliphatic hydroxyl groups is 1. The molecule has 0 aromatic heterocycles. The van der Waals surface area contributed by atoms with E-state index in [-0.39, 0.29) is 30.1 Å². The van der Waals surface area contributed by atoms with Crippen LogP contribution in [0.1, 0.15) is 60.4 Å². The minimum atomic E-state index is -0.631. The van der Waals surface area contributed by atoms with Crippen molar-refractivity contribution < 1.29 is 33.7 Å². The molecule has 0 radical (unpaired) electrons. The van der Waals surface area contributed by atoms with E-state index in [1.54, 1.807) is 42.5 Å². The van der Waals surface area contributed by atoms with Gasteiger partial charge < -0.3 is 35.7 Å². The van der Waals surface area contributed by atoms with Crippen LogP contribution in [-0.4, -0.2) is 56.0 Å². The van der Waals surface area contributed by atoms with Gasteiger partial charge in [-0.2, -0.15) is 0 Å². The van der Waals surface area contributed by atoms with Gasteiger partial charge in [-0.25, -0.2) is 4.79 Å². The van der Waals surface area contributed by atoms with E-state index < -0.39 is 12.3 Å². The number of benzene rings is 2. The summed E-state index contributed by atoms with van der Waals surface area (Å²) in [6.45, 7) is 0.852. The monoisotopic (exact) mass is 539 g/mol. The fourth-order valence-electron chi connectivity index (χ4n) is 4.09. The van der Waals surface area contributed by atoms with Crippen LogP contribution in [0, 0.1) is 0 Å². The molecule has 10 heteroatoms. The Hall–Kier alpha value is -3.89. The largest absolute Gasteiger partial charge is 0.465 e. The molecule has 0 fully saturated rings. The van der Waals surface area contributed by atoms with Gasteiger partial charge in [-0.1, -0.05) is 24.3 Å². The summed E-state index contributed by atoms with van der Waals surface area (Å²) < 4.78 is 16.4. The zero-order chi connectivity index (χ0) is 28.0. The summed E-state index contributed by atoms with van der Waals surface area (Å²) in [5, 5.41) is 14.6. The molecule has 3 rings (SSSR count). The second kappa shape index (κ2) is 15.5. The lowest BCUT2D eigenvalue weighted by Gasteiger charge is -2.29. The van der Waals surface area contributed by atoms with Crippen LogP contribution in [0.5, 0.6) is 0 Å². The number of para-hydroxylation sites is 2. The minimum absolute atomic E-state index is 0.0829. The van der Waals surface area contributed by atoms with Gasteiger partial charge in [0.25, 0.3) is 5.91 Å². The summed E-state index contributed by atoms with van der Waals surface area (Å²) >= 11 is 0. The maximum atomic E-state index is 12.9. The predicted molar refractivity (Wildman–Crippen MR) is 147 cm³/mol. The van der Waals surface area contributed by atoms with Crippen LogP contribution in [-0.2, 0) is 23.8 Å². The Labute approximate surface area is 228 Å². The van der Waals surface area contributed by atoms with Crippen molar-refractivity contribution in [3.8, 4) is 0 Å². The smallest absolute Gasteiger partial charge is 0.337 e. The van der Waals surface area contributed by atoms with Gasteiger partial charge in [-0.15, -0.1) is 0 Å². The second-order valence-electron chi connectivity index (χ2n) is 9.18. The Morgan fingerprint density at radius 3 is 2.54 bits per heavy atom. The Morgan fingerprint density at radius 1 is 1.05 bits per heavy atom. The van der Waals surface area contributed by atoms with Gasteiger partial charge in [0.05, 0.1) is 30.7 Å². The van der Waals surface area contributed by atoms with Gasteiger partial charge in [0, 0.05) is 31.9 Å². The summed E-state index contributed by atoms with van der Waals surface area (Å²) in [4.78, 5) is 36.9. The van der Waals surface area contributed by atoms with Crippen LogP contribution in [0.3, 0.4) is 0 Å². The van der Waals surface area contributed by atoms with Crippen LogP contribution in [0.4, 0.5) is 11.4 Å². The molecule has 2 atom stereocenters. The van der Waals surface area contributed by atoms with Gasteiger partial charge >= 0.3 is 5.97 Å². The van der Waals surface area contributed by atoms with E-state index in [1.165, 1.54) is 7.11 Å². The molecule has 0 saturated heterocycles. The average molecular weight is 540 g/mol. The van der Waals surface area contributed by atoms with Crippen molar-refractivity contribution in [3.63, 3.8) is 0 Å². The van der Waals surface area contributed by atoms with Crippen LogP contribution >= 0.6 is 0 Å². The SMILES string of the molecule is COC(=O)c1ccc(C2C=C(C(=O)NCCCCC(=O)Nc3ccccc3N)OC(OCCCCO)C2)cc1. The Balaban J connectivity index is 1.53. The molecule has 1 heterocycles. The zero-order valence-corrected chi connectivity index (χ0v) is 22.2. The van der Waals surface area contributed by atoms with E-state index in [0.717, 1.165) is 5.56 Å². The van der Waals surface area contributed by atoms with Crippen LogP contribution in [0.25, 0.3) is 0 Å². The number of carbonyl (C=O) groups excluding carboxylic acids is 3. The molecule has 0 saturated carbocycles. The Bertz CT molecular complexity index is 1130. The van der Waals surface area contributed by atoms with E-state index in [4.69, 9.17) is 25.1 Å². The quantitative estimate of drug-likeness (QED) is 0.162. The van der Waals surface area contributed by atoms with Crippen LogP contribution in [0.15, 0.2) is 60.4 Å². The number of allylic oxidation sites excluding steroid dienone is 1. The molecule has 0 aliphatic carbocycles. The number of ether oxygens (including phenoxy) is 3. The number of hydrogen-bond acceptors (Lipinski definition) is 8. The highest BCUT2D eigenvalue weighted by Crippen LogP contribution is 2.32. The molecular formula is C29H37N3O7. The molecule has 2 amide bonds. The normalized spacial score (nSPS) is 16.5. The number of nitrogen functional groups attached to an aromatic ring is 1. The van der Waals surface area contributed by atoms with Gasteiger partial charge in [-0.3, -0.25) is 9.59 Å². The molecule has 210 valence electrons. The number of unbranched alkanes of at least 4 members (excludes halogenated alkanes) is 2. The summed E-state index contributed by atoms with van der Waals surface area (Å²) in [6.07, 6.45) is 4.41. The number of carbonyl (C=O) groups is 3. The molecule has 2 aromatic carbocycles. The lowest BCUT2D eigenvalue weighted by atomic mass is 9.92. The summed E-state index contributed by atoms with van der Waals surface area (Å²) in [5.74, 6) is -0.928. The molecule has 39 heavy (non-hydrogen) atoms. The number of anilines is 2. The molecule has 1 aliphatic rings. The first kappa shape index (κ1) is 29.7. The summed E-state index contributed by atoms with van der Waals surface area (Å²) in [6, 6.07) is 14.1. The number of methoxy groups -OCH3 is 1. The van der Waals surface area contributed by atoms with Gasteiger partial charge in [0.15, 0.2) is 5.76 Å². The highest BCUT2D eigenvalue weighted by molar-refractivity contribution is 5.94. The highest BCUT2D eigenvalue weighted by atomic mass is 16.7. The molecule has 0 spiro atoms. The molecule has 10 nitrogen and oxygen atoms in total. The fraction of sp³-hybridized carbons (Fsp3) is 0.414. The molecule has 0 bridgehead atoms. The van der Waals surface area contributed by atoms with Crippen molar-refractivity contribution in [1.82, 2.24) is 5.32 Å². The van der Waals surface area contributed by atoms with Crippen molar-refractivity contribution in [1.29, 1.82) is 0 Å². The van der Waals surface area contributed by atoms with Gasteiger partial charge in [-0.05, 0) is 61.6 Å². The van der Waals surface area contributed by atoms with Gasteiger partial charge in [0.2, 0.25) is 12.2 Å². The summed E-state index contributed by atoms with van der Waals surface area (Å²) in [7, 11) is 1.33. The average Bonchev–Trinajstić information content (AvgIpc) is 2.95. The predicted octanol–water partition coefficient (Wildman–Crippen LogP) is 3.48. The second-order valence-corrected chi connectivity index (χ2v) is 9.18. The Kier molecular flexibility index (Phi) is 11.8. The molecule has 1 aliphatic heterocycles. The lowest BCUT2D eigenvalue weighted by molar-refractivity contribution is -0.146. The van der Waals surface area contributed by atoms with Crippen molar-refractivity contribution in [2.75, 3.05) is 37.9 Å². The number of rotatable bonds is 14. The number of aliphatic hydroxyl groups excluding tert-OH is 1. The maximum Gasteiger partial charge on any atom is 0.337 e. The third kappa shape index (κ3) is 9.42. The highest BCUT2D eigenvalue weighted by Gasteiger charge is 2.28. The number of nitrogens with two attached hydrogens (primary N) is 1. The van der Waals surface area contributed by atoms with Crippen molar-refractivity contribution >= 4 is 29.2 Å². The van der Waals surface area contributed by atoms with Crippen LogP contribution < -0.4 is 16.4 Å². The third-order valence-electron chi connectivity index (χ3n) is 6.25. The van der Waals surface area contributed by atoms with E-state index in [1.807, 2.05) is 12.1 Å². The van der Waals surface area contributed by atoms with Gasteiger partial charge in [0.1, 0.15) is 0 Å². The number of hydrogen-bond donors (Lipinski definition) is 4. The number of esters is 1. The first-order valence-electron chi connectivity index (χ1n) is 13.1. The first-order chi connectivity index (χ1) is 18.9. The van der Waals surface area contributed by atoms with E-state index in [0.29, 0.717) is 68.6 Å². The summed E-state index contributed by atoms with van der Waals surface area (Å²) in [5.41, 5.74) is 8.29. The van der Waals surface area contributed by atoms with Crippen molar-refractivity contribution in [2.24, 2.45) is 0 Å². The van der Waals surface area contributed by atoms with Crippen molar-refractivity contribution in [2.45, 2.75) is 50.7 Å². The molecular weight excluding hydrogens is 502 g/mol. The standard InChI is InChI=1S/C29H37N3O7/c1-37-29(36)21-13-11-20(12-14-21)22-18-25(39-27(19-22)38-17-7-6-16-33)28(35)31-15-5-4-10-26(34)32-24-9-3-2-8-23(24)30/h2-3,8-9,11-14,18,22,27,33H,4-7,10,15-17,19,30H2,1H3,(H,31,35)(H,32,34). The van der Waals surface area contributed by atoms with Crippen molar-refractivity contribution in [3.05, 3.63) is 71.5 Å². The number of nitrogens with one attached hydrogen (secondary N) is 2. The third-order valence-corrected chi connectivity index (χ3v) is 6.25. The fourth-order valence-corrected chi connectivity index (χ4v) is 4.09. The lowest BCUT2D eigenvalue weighted by Crippen LogP contribution is -2.33. The molecule has 2 aromatic rings.